The van der Waals surface area contributed by atoms with Crippen LogP contribution in [0.5, 0.6) is 5.75 Å². The molecule has 0 fully saturated rings. The van der Waals surface area contributed by atoms with Crippen molar-refractivity contribution in [3.8, 4) is 5.75 Å². The van der Waals surface area contributed by atoms with Gasteiger partial charge in [-0.25, -0.2) is 4.79 Å². The van der Waals surface area contributed by atoms with Gasteiger partial charge >= 0.3 is 5.97 Å². The Morgan fingerprint density at radius 3 is 2.11 bits per heavy atom. The number of aryl methyl sites for hydroxylation is 1. The summed E-state index contributed by atoms with van der Waals surface area (Å²) in [4.78, 5) is 11.0. The van der Waals surface area contributed by atoms with Crippen molar-refractivity contribution in [3.63, 3.8) is 0 Å². The number of carboxylic acids is 1. The summed E-state index contributed by atoms with van der Waals surface area (Å²) in [6.45, 7) is 11.5. The molecule has 2 aromatic rings. The molecule has 1 N–H and O–H groups in total. The molecule has 3 heteroatoms. The Morgan fingerprint density at radius 1 is 1.00 bits per heavy atom. The van der Waals surface area contributed by atoms with E-state index in [1.807, 2.05) is 18.2 Å². The summed E-state index contributed by atoms with van der Waals surface area (Å²) in [5.74, 6) is 0.0455. The van der Waals surface area contributed by atoms with Crippen LogP contribution >= 0.6 is 0 Å². The van der Waals surface area contributed by atoms with E-state index in [1.165, 1.54) is 23.1 Å². The maximum absolute atomic E-state index is 11.0. The second-order valence-corrected chi connectivity index (χ2v) is 9.09. The number of ether oxygens (including phenoxy) is 1. The van der Waals surface area contributed by atoms with Gasteiger partial charge in [-0.05, 0) is 65.5 Å². The summed E-state index contributed by atoms with van der Waals surface area (Å²) in [6, 6.07) is 9.12. The van der Waals surface area contributed by atoms with Gasteiger partial charge in [0.25, 0.3) is 0 Å². The van der Waals surface area contributed by atoms with Crippen molar-refractivity contribution in [2.24, 2.45) is 0 Å². The Morgan fingerprint density at radius 2 is 1.57 bits per heavy atom. The van der Waals surface area contributed by atoms with Gasteiger partial charge in [-0.15, -0.1) is 0 Å². The highest BCUT2D eigenvalue weighted by molar-refractivity contribution is 5.88. The zero-order valence-electron chi connectivity index (χ0n) is 17.7. The summed E-state index contributed by atoms with van der Waals surface area (Å²) >= 11 is 0. The Bertz CT molecular complexity index is 931. The van der Waals surface area contributed by atoms with Crippen molar-refractivity contribution in [1.82, 2.24) is 0 Å². The largest absolute Gasteiger partial charge is 0.496 e. The van der Waals surface area contributed by atoms with E-state index in [0.29, 0.717) is 5.56 Å². The molecule has 0 bridgehead atoms. The third-order valence-corrected chi connectivity index (χ3v) is 6.05. The molecule has 3 rings (SSSR count). The molecule has 3 nitrogen and oxygen atoms in total. The van der Waals surface area contributed by atoms with Crippen LogP contribution in [0.2, 0.25) is 0 Å². The lowest BCUT2D eigenvalue weighted by Gasteiger charge is -2.44. The number of benzene rings is 2. The van der Waals surface area contributed by atoms with Crippen molar-refractivity contribution >= 4 is 18.1 Å². The highest BCUT2D eigenvalue weighted by atomic mass is 16.5. The van der Waals surface area contributed by atoms with Crippen LogP contribution in [0.3, 0.4) is 0 Å². The van der Waals surface area contributed by atoms with E-state index >= 15 is 0 Å². The van der Waals surface area contributed by atoms with Crippen LogP contribution in [0.1, 0.15) is 78.7 Å². The van der Waals surface area contributed by atoms with Gasteiger partial charge in [-0.1, -0.05) is 52.0 Å². The molecule has 0 amide bonds. The third-order valence-electron chi connectivity index (χ3n) is 6.05. The summed E-state index contributed by atoms with van der Waals surface area (Å²) in [5.41, 5.74) is 6.56. The molecule has 2 aromatic carbocycles. The van der Waals surface area contributed by atoms with Crippen molar-refractivity contribution in [2.75, 3.05) is 7.11 Å². The van der Waals surface area contributed by atoms with Crippen LogP contribution in [-0.2, 0) is 10.8 Å². The van der Waals surface area contributed by atoms with Gasteiger partial charge in [-0.2, -0.15) is 0 Å². The number of hydrogen-bond donors (Lipinski definition) is 1. The molecule has 0 unspecified atom stereocenters. The molecular formula is C25H30O3. The lowest BCUT2D eigenvalue weighted by atomic mass is 9.61. The number of carboxylic acid groups (broad SMARTS) is 1. The maximum Gasteiger partial charge on any atom is 0.335 e. The molecule has 0 spiro atoms. The Balaban J connectivity index is 2.10. The number of rotatable bonds is 4. The van der Waals surface area contributed by atoms with Crippen LogP contribution in [0.15, 0.2) is 30.3 Å². The van der Waals surface area contributed by atoms with E-state index < -0.39 is 5.97 Å². The lowest BCUT2D eigenvalue weighted by Crippen LogP contribution is -2.35. The van der Waals surface area contributed by atoms with E-state index in [2.05, 4.69) is 46.8 Å². The first-order valence-electron chi connectivity index (χ1n) is 9.81. The minimum atomic E-state index is -0.910. The summed E-state index contributed by atoms with van der Waals surface area (Å²) in [6.07, 6.45) is 6.38. The third kappa shape index (κ3) is 3.58. The van der Waals surface area contributed by atoms with Crippen LogP contribution in [0.4, 0.5) is 0 Å². The normalized spacial score (nSPS) is 17.4. The monoisotopic (exact) mass is 378 g/mol. The van der Waals surface area contributed by atoms with Gasteiger partial charge in [0.05, 0.1) is 12.7 Å². The molecule has 0 aliphatic heterocycles. The molecule has 1 aliphatic rings. The van der Waals surface area contributed by atoms with Crippen molar-refractivity contribution in [2.45, 2.75) is 58.3 Å². The Labute approximate surface area is 168 Å². The lowest BCUT2D eigenvalue weighted by molar-refractivity contribution is 0.0697. The van der Waals surface area contributed by atoms with Gasteiger partial charge in [0, 0.05) is 11.1 Å². The molecule has 0 saturated carbocycles. The second-order valence-electron chi connectivity index (χ2n) is 9.09. The number of hydrogen-bond acceptors (Lipinski definition) is 2. The Hall–Kier alpha value is -2.55. The van der Waals surface area contributed by atoms with Crippen LogP contribution < -0.4 is 4.74 Å². The SMILES string of the molecule is COc1c(/C=C/c2ccc(C(=O)O)cc2)cc(C)c2c1C(C)(C)CCC2(C)C. The highest BCUT2D eigenvalue weighted by Crippen LogP contribution is 2.51. The van der Waals surface area contributed by atoms with Crippen molar-refractivity contribution < 1.29 is 14.6 Å². The minimum Gasteiger partial charge on any atom is -0.496 e. The molecule has 28 heavy (non-hydrogen) atoms. The zero-order chi connectivity index (χ0) is 20.7. The first-order chi connectivity index (χ1) is 13.1. The highest BCUT2D eigenvalue weighted by Gasteiger charge is 2.40. The van der Waals surface area contributed by atoms with E-state index in [1.54, 1.807) is 19.2 Å². The molecule has 0 aromatic heterocycles. The van der Waals surface area contributed by atoms with E-state index in [9.17, 15) is 4.79 Å². The molecule has 148 valence electrons. The van der Waals surface area contributed by atoms with Crippen molar-refractivity contribution in [1.29, 1.82) is 0 Å². The zero-order valence-corrected chi connectivity index (χ0v) is 17.7. The van der Waals surface area contributed by atoms with Gasteiger partial charge in [-0.3, -0.25) is 0 Å². The predicted octanol–water partition coefficient (Wildman–Crippen LogP) is 6.22. The smallest absolute Gasteiger partial charge is 0.335 e. The summed E-state index contributed by atoms with van der Waals surface area (Å²) < 4.78 is 5.94. The summed E-state index contributed by atoms with van der Waals surface area (Å²) in [7, 11) is 1.75. The number of fused-ring (bicyclic) bond motifs is 1. The molecule has 0 atom stereocenters. The first kappa shape index (κ1) is 20.2. The van der Waals surface area contributed by atoms with Gasteiger partial charge in [0.2, 0.25) is 0 Å². The van der Waals surface area contributed by atoms with Crippen LogP contribution in [-0.4, -0.2) is 18.2 Å². The summed E-state index contributed by atoms with van der Waals surface area (Å²) in [5, 5.41) is 9.05. The topological polar surface area (TPSA) is 46.5 Å². The van der Waals surface area contributed by atoms with Crippen molar-refractivity contribution in [3.05, 3.63) is 63.7 Å². The fourth-order valence-electron chi connectivity index (χ4n) is 4.49. The average Bonchev–Trinajstić information content (AvgIpc) is 2.63. The van der Waals surface area contributed by atoms with Crippen LogP contribution in [0, 0.1) is 6.92 Å². The molecule has 0 heterocycles. The Kier molecular flexibility index (Phi) is 5.14. The second kappa shape index (κ2) is 7.12. The number of methoxy groups -OCH3 is 1. The molecular weight excluding hydrogens is 348 g/mol. The van der Waals surface area contributed by atoms with Gasteiger partial charge < -0.3 is 9.84 Å². The quantitative estimate of drug-likeness (QED) is 0.642. The fourth-order valence-corrected chi connectivity index (χ4v) is 4.49. The molecule has 0 radical (unpaired) electrons. The number of carbonyl (C=O) groups is 1. The minimum absolute atomic E-state index is 0.0634. The van der Waals surface area contributed by atoms with Gasteiger partial charge in [0.15, 0.2) is 0 Å². The maximum atomic E-state index is 11.0. The average molecular weight is 379 g/mol. The first-order valence-corrected chi connectivity index (χ1v) is 9.81. The van der Waals surface area contributed by atoms with E-state index in [-0.39, 0.29) is 10.8 Å². The number of aromatic carboxylic acids is 1. The molecule has 0 saturated heterocycles. The van der Waals surface area contributed by atoms with Gasteiger partial charge in [0.1, 0.15) is 5.75 Å². The molecule has 1 aliphatic carbocycles. The van der Waals surface area contributed by atoms with Crippen LogP contribution in [0.25, 0.3) is 12.2 Å². The standard InChI is InChI=1S/C25H30O3/c1-16-15-19(12-9-17-7-10-18(11-8-17)23(26)27)22(28-6)21-20(16)24(2,3)13-14-25(21,4)5/h7-12,15H,13-14H2,1-6H3,(H,26,27)/b12-9+. The van der Waals surface area contributed by atoms with E-state index in [4.69, 9.17) is 9.84 Å². The predicted molar refractivity (Wildman–Crippen MR) is 115 cm³/mol. The fraction of sp³-hybridized carbons (Fsp3) is 0.400. The van der Waals surface area contributed by atoms with E-state index in [0.717, 1.165) is 23.3 Å².